The van der Waals surface area contributed by atoms with Gasteiger partial charge in [0.15, 0.2) is 0 Å². The Morgan fingerprint density at radius 1 is 1.25 bits per heavy atom. The third-order valence-corrected chi connectivity index (χ3v) is 5.25. The van der Waals surface area contributed by atoms with Gasteiger partial charge in [0.25, 0.3) is 10.0 Å². The molecule has 0 saturated carbocycles. The molecule has 106 valence electrons. The van der Waals surface area contributed by atoms with Crippen molar-refractivity contribution >= 4 is 33.0 Å². The zero-order chi connectivity index (χ0) is 14.9. The number of carbonyl (C=O) groups is 1. The molecule has 0 fully saturated rings. The largest absolute Gasteiger partial charge is 0.478 e. The molecular formula is C13H13NO4S2. The van der Waals surface area contributed by atoms with Gasteiger partial charge in [-0.3, -0.25) is 4.72 Å². The highest BCUT2D eigenvalue weighted by molar-refractivity contribution is 7.93. The molecule has 0 bridgehead atoms. The van der Waals surface area contributed by atoms with Gasteiger partial charge in [-0.15, -0.1) is 11.3 Å². The number of carboxylic acid groups (broad SMARTS) is 1. The Balaban J connectivity index is 2.36. The van der Waals surface area contributed by atoms with Gasteiger partial charge in [0.05, 0.1) is 5.56 Å². The Bertz CT molecular complexity index is 762. The molecule has 0 radical (unpaired) electrons. The fourth-order valence-corrected chi connectivity index (χ4v) is 4.41. The molecule has 1 aromatic heterocycles. The molecule has 2 aromatic rings. The van der Waals surface area contributed by atoms with E-state index in [1.54, 1.807) is 13.0 Å². The first-order valence-electron chi connectivity index (χ1n) is 5.73. The second kappa shape index (κ2) is 5.26. The minimum absolute atomic E-state index is 0.0309. The van der Waals surface area contributed by atoms with Crippen LogP contribution in [-0.4, -0.2) is 19.5 Å². The number of benzene rings is 1. The summed E-state index contributed by atoms with van der Waals surface area (Å²) in [5.41, 5.74) is 0.261. The smallest absolute Gasteiger partial charge is 0.335 e. The Morgan fingerprint density at radius 3 is 2.50 bits per heavy atom. The number of rotatable bonds is 4. The van der Waals surface area contributed by atoms with Crippen LogP contribution in [-0.2, 0) is 10.0 Å². The van der Waals surface area contributed by atoms with Crippen LogP contribution in [0.25, 0.3) is 0 Å². The van der Waals surface area contributed by atoms with Gasteiger partial charge >= 0.3 is 5.97 Å². The molecule has 1 aromatic carbocycles. The van der Waals surface area contributed by atoms with Crippen molar-refractivity contribution in [2.45, 2.75) is 18.7 Å². The van der Waals surface area contributed by atoms with E-state index in [0.29, 0.717) is 4.88 Å². The van der Waals surface area contributed by atoms with Crippen molar-refractivity contribution in [1.82, 2.24) is 0 Å². The highest BCUT2D eigenvalue weighted by Gasteiger charge is 2.19. The van der Waals surface area contributed by atoms with E-state index in [1.807, 2.05) is 6.92 Å². The van der Waals surface area contributed by atoms with Gasteiger partial charge < -0.3 is 5.11 Å². The summed E-state index contributed by atoms with van der Waals surface area (Å²) in [4.78, 5) is 12.7. The zero-order valence-electron chi connectivity index (χ0n) is 10.9. The topological polar surface area (TPSA) is 83.5 Å². The molecule has 0 atom stereocenters. The van der Waals surface area contributed by atoms with E-state index < -0.39 is 16.0 Å². The van der Waals surface area contributed by atoms with Gasteiger partial charge in [0, 0.05) is 15.4 Å². The average molecular weight is 311 g/mol. The summed E-state index contributed by atoms with van der Waals surface area (Å²) in [7, 11) is -3.70. The average Bonchev–Trinajstić information content (AvgIpc) is 2.69. The Morgan fingerprint density at radius 2 is 1.95 bits per heavy atom. The molecule has 2 N–H and O–H groups in total. The van der Waals surface area contributed by atoms with E-state index in [9.17, 15) is 13.2 Å². The third kappa shape index (κ3) is 3.00. The molecular weight excluding hydrogens is 298 g/mol. The number of hydrogen-bond acceptors (Lipinski definition) is 4. The van der Waals surface area contributed by atoms with Crippen molar-refractivity contribution in [2.75, 3.05) is 4.72 Å². The summed E-state index contributed by atoms with van der Waals surface area (Å²) in [6.07, 6.45) is 0. The molecule has 5 nitrogen and oxygen atoms in total. The fraction of sp³-hybridized carbons (Fsp3) is 0.154. The molecule has 1 heterocycles. The minimum atomic E-state index is -3.70. The first-order valence-corrected chi connectivity index (χ1v) is 8.03. The second-order valence-electron chi connectivity index (χ2n) is 4.27. The number of aromatic carboxylic acids is 1. The van der Waals surface area contributed by atoms with Crippen LogP contribution in [0, 0.1) is 13.8 Å². The monoisotopic (exact) mass is 311 g/mol. The SMILES string of the molecule is Cc1cc(S(=O)(=O)Nc2cccc(C(=O)O)c2)c(C)s1. The molecule has 0 aliphatic heterocycles. The standard InChI is InChI=1S/C13H13NO4S2/c1-8-6-12(9(2)19-8)20(17,18)14-11-5-3-4-10(7-11)13(15)16/h3-7,14H,1-2H3,(H,15,16). The molecule has 2 rings (SSSR count). The van der Waals surface area contributed by atoms with Gasteiger partial charge in [-0.1, -0.05) is 6.07 Å². The number of nitrogens with one attached hydrogen (secondary N) is 1. The summed E-state index contributed by atoms with van der Waals surface area (Å²) >= 11 is 1.40. The molecule has 0 spiro atoms. The summed E-state index contributed by atoms with van der Waals surface area (Å²) in [6.45, 7) is 3.57. The summed E-state index contributed by atoms with van der Waals surface area (Å²) in [5.74, 6) is -1.10. The van der Waals surface area contributed by atoms with Crippen molar-refractivity contribution < 1.29 is 18.3 Å². The first kappa shape index (κ1) is 14.5. The first-order chi connectivity index (χ1) is 9.29. The van der Waals surface area contributed by atoms with Crippen molar-refractivity contribution in [1.29, 1.82) is 0 Å². The highest BCUT2D eigenvalue weighted by atomic mass is 32.2. The molecule has 0 aliphatic rings. The van der Waals surface area contributed by atoms with Crippen LogP contribution in [0.2, 0.25) is 0 Å². The normalized spacial score (nSPS) is 11.3. The second-order valence-corrected chi connectivity index (χ2v) is 7.38. The van der Waals surface area contributed by atoms with Gasteiger partial charge in [-0.05, 0) is 38.1 Å². The lowest BCUT2D eigenvalue weighted by Crippen LogP contribution is -2.13. The number of anilines is 1. The van der Waals surface area contributed by atoms with E-state index >= 15 is 0 Å². The van der Waals surface area contributed by atoms with Gasteiger partial charge in [-0.25, -0.2) is 13.2 Å². The number of aryl methyl sites for hydroxylation is 2. The van der Waals surface area contributed by atoms with Crippen LogP contribution < -0.4 is 4.72 Å². The van der Waals surface area contributed by atoms with Gasteiger partial charge in [0.1, 0.15) is 4.90 Å². The van der Waals surface area contributed by atoms with Crippen LogP contribution in [0.4, 0.5) is 5.69 Å². The predicted molar refractivity (Wildman–Crippen MR) is 78.0 cm³/mol. The lowest BCUT2D eigenvalue weighted by molar-refractivity contribution is 0.0697. The lowest BCUT2D eigenvalue weighted by Gasteiger charge is -2.08. The van der Waals surface area contributed by atoms with E-state index in [2.05, 4.69) is 4.72 Å². The maximum absolute atomic E-state index is 12.3. The molecule has 0 saturated heterocycles. The predicted octanol–water partition coefficient (Wildman–Crippen LogP) is 2.86. The number of carboxylic acids is 1. The van der Waals surface area contributed by atoms with Gasteiger partial charge in [0.2, 0.25) is 0 Å². The zero-order valence-corrected chi connectivity index (χ0v) is 12.5. The number of sulfonamides is 1. The number of hydrogen-bond donors (Lipinski definition) is 2. The molecule has 0 unspecified atom stereocenters. The number of thiophene rings is 1. The molecule has 0 amide bonds. The van der Waals surface area contributed by atoms with Crippen molar-refractivity contribution in [3.8, 4) is 0 Å². The van der Waals surface area contributed by atoms with E-state index in [0.717, 1.165) is 4.88 Å². The Kier molecular flexibility index (Phi) is 3.82. The lowest BCUT2D eigenvalue weighted by atomic mass is 10.2. The van der Waals surface area contributed by atoms with Gasteiger partial charge in [-0.2, -0.15) is 0 Å². The van der Waals surface area contributed by atoms with E-state index in [-0.39, 0.29) is 16.1 Å². The molecule has 0 aliphatic carbocycles. The minimum Gasteiger partial charge on any atom is -0.478 e. The van der Waals surface area contributed by atoms with Crippen molar-refractivity contribution in [3.63, 3.8) is 0 Å². The van der Waals surface area contributed by atoms with Crippen LogP contribution in [0.3, 0.4) is 0 Å². The Hall–Kier alpha value is -1.86. The van der Waals surface area contributed by atoms with E-state index in [1.165, 1.54) is 35.6 Å². The van der Waals surface area contributed by atoms with Crippen LogP contribution in [0.1, 0.15) is 20.1 Å². The molecule has 7 heteroatoms. The van der Waals surface area contributed by atoms with Crippen LogP contribution >= 0.6 is 11.3 Å². The van der Waals surface area contributed by atoms with Crippen LogP contribution in [0.15, 0.2) is 35.2 Å². The summed E-state index contributed by atoms with van der Waals surface area (Å²) in [6, 6.07) is 7.30. The Labute approximate surface area is 120 Å². The molecule has 20 heavy (non-hydrogen) atoms. The summed E-state index contributed by atoms with van der Waals surface area (Å²) < 4.78 is 26.9. The maximum Gasteiger partial charge on any atom is 0.335 e. The summed E-state index contributed by atoms with van der Waals surface area (Å²) in [5, 5.41) is 8.90. The van der Waals surface area contributed by atoms with Crippen LogP contribution in [0.5, 0.6) is 0 Å². The van der Waals surface area contributed by atoms with Crippen molar-refractivity contribution in [3.05, 3.63) is 45.6 Å². The third-order valence-electron chi connectivity index (χ3n) is 2.65. The maximum atomic E-state index is 12.3. The van der Waals surface area contributed by atoms with Crippen molar-refractivity contribution in [2.24, 2.45) is 0 Å². The van der Waals surface area contributed by atoms with E-state index in [4.69, 9.17) is 5.11 Å². The quantitative estimate of drug-likeness (QED) is 0.909. The highest BCUT2D eigenvalue weighted by Crippen LogP contribution is 2.26. The fourth-order valence-electron chi connectivity index (χ4n) is 1.80.